The molecule has 1 aliphatic rings. The lowest BCUT2D eigenvalue weighted by molar-refractivity contribution is 0.0650. The molecule has 5 nitrogen and oxygen atoms in total. The van der Waals surface area contributed by atoms with Gasteiger partial charge < -0.3 is 14.4 Å². The number of hydrogen-bond donors (Lipinski definition) is 0. The molecule has 1 amide bonds. The molecule has 2 aromatic rings. The zero-order valence-electron chi connectivity index (χ0n) is 17.5. The number of carbonyl (C=O) groups excluding carboxylic acids is 1. The van der Waals surface area contributed by atoms with E-state index in [4.69, 9.17) is 9.47 Å². The molecule has 1 aliphatic heterocycles. The Bertz CT molecular complexity index is 825. The molecular weight excluding hydrogens is 364 g/mol. The van der Waals surface area contributed by atoms with Gasteiger partial charge in [-0.15, -0.1) is 0 Å². The molecule has 1 fully saturated rings. The van der Waals surface area contributed by atoms with E-state index in [1.807, 2.05) is 49.1 Å². The molecule has 1 heterocycles. The highest BCUT2D eigenvalue weighted by atomic mass is 16.5. The van der Waals surface area contributed by atoms with Crippen molar-refractivity contribution < 1.29 is 14.3 Å². The zero-order chi connectivity index (χ0) is 20.6. The Balaban J connectivity index is 1.54. The molecule has 0 N–H and O–H groups in total. The van der Waals surface area contributed by atoms with Gasteiger partial charge in [0.05, 0.1) is 13.2 Å². The van der Waals surface area contributed by atoms with Crippen molar-refractivity contribution in [2.75, 3.05) is 39.8 Å². The van der Waals surface area contributed by atoms with Gasteiger partial charge in [0, 0.05) is 38.3 Å². The first-order valence-corrected chi connectivity index (χ1v) is 10.1. The Kier molecular flexibility index (Phi) is 7.30. The first kappa shape index (κ1) is 20.9. The van der Waals surface area contributed by atoms with E-state index in [9.17, 15) is 4.79 Å². The molecule has 0 radical (unpaired) electrons. The number of piperazine rings is 1. The highest BCUT2D eigenvalue weighted by molar-refractivity contribution is 5.95. The highest BCUT2D eigenvalue weighted by Gasteiger charge is 2.22. The number of amides is 1. The smallest absolute Gasteiger partial charge is 0.254 e. The Hall–Kier alpha value is -2.79. The second-order valence-electron chi connectivity index (χ2n) is 7.44. The van der Waals surface area contributed by atoms with E-state index in [1.165, 1.54) is 5.56 Å². The Labute approximate surface area is 173 Å². The van der Waals surface area contributed by atoms with Crippen LogP contribution in [0.1, 0.15) is 29.8 Å². The fourth-order valence-corrected chi connectivity index (χ4v) is 3.37. The zero-order valence-corrected chi connectivity index (χ0v) is 17.5. The fourth-order valence-electron chi connectivity index (χ4n) is 3.37. The van der Waals surface area contributed by atoms with Crippen LogP contribution in [0.5, 0.6) is 11.5 Å². The normalized spacial score (nSPS) is 15.1. The predicted molar refractivity (Wildman–Crippen MR) is 117 cm³/mol. The van der Waals surface area contributed by atoms with Gasteiger partial charge in [0.25, 0.3) is 5.91 Å². The molecule has 1 saturated heterocycles. The van der Waals surface area contributed by atoms with E-state index in [0.717, 1.165) is 32.7 Å². The highest BCUT2D eigenvalue weighted by Crippen LogP contribution is 2.29. The van der Waals surface area contributed by atoms with Gasteiger partial charge >= 0.3 is 0 Å². The van der Waals surface area contributed by atoms with Crippen LogP contribution in [-0.4, -0.2) is 61.6 Å². The van der Waals surface area contributed by atoms with Gasteiger partial charge in [0.15, 0.2) is 11.5 Å². The van der Waals surface area contributed by atoms with Crippen molar-refractivity contribution in [3.8, 4) is 11.5 Å². The largest absolute Gasteiger partial charge is 0.493 e. The second-order valence-corrected chi connectivity index (χ2v) is 7.44. The molecule has 0 bridgehead atoms. The fraction of sp³-hybridized carbons (Fsp3) is 0.375. The van der Waals surface area contributed by atoms with Crippen molar-refractivity contribution in [2.45, 2.75) is 20.0 Å². The Morgan fingerprint density at radius 2 is 1.76 bits per heavy atom. The SMILES string of the molecule is COc1cc(C(=O)N2CCN(C/C=C/c3ccccc3)CC2)ccc1OC(C)C. The number of nitrogens with zero attached hydrogens (tertiary/aromatic N) is 2. The Morgan fingerprint density at radius 3 is 2.41 bits per heavy atom. The molecule has 0 aliphatic carbocycles. The molecule has 2 aromatic carbocycles. The van der Waals surface area contributed by atoms with Gasteiger partial charge in [-0.05, 0) is 37.6 Å². The summed E-state index contributed by atoms with van der Waals surface area (Å²) in [6, 6.07) is 15.7. The average Bonchev–Trinajstić information content (AvgIpc) is 2.74. The van der Waals surface area contributed by atoms with Gasteiger partial charge in [-0.2, -0.15) is 0 Å². The van der Waals surface area contributed by atoms with E-state index >= 15 is 0 Å². The van der Waals surface area contributed by atoms with E-state index < -0.39 is 0 Å². The first-order valence-electron chi connectivity index (χ1n) is 10.1. The summed E-state index contributed by atoms with van der Waals surface area (Å²) in [5, 5.41) is 0. The van der Waals surface area contributed by atoms with Gasteiger partial charge in [0.2, 0.25) is 0 Å². The summed E-state index contributed by atoms with van der Waals surface area (Å²) in [4.78, 5) is 17.2. The van der Waals surface area contributed by atoms with Gasteiger partial charge in [-0.3, -0.25) is 9.69 Å². The van der Waals surface area contributed by atoms with Gasteiger partial charge in [-0.1, -0.05) is 42.5 Å². The molecule has 29 heavy (non-hydrogen) atoms. The van der Waals surface area contributed by atoms with E-state index in [2.05, 4.69) is 29.2 Å². The third-order valence-electron chi connectivity index (χ3n) is 4.91. The van der Waals surface area contributed by atoms with Crippen LogP contribution in [0.15, 0.2) is 54.6 Å². The minimum atomic E-state index is 0.0406. The lowest BCUT2D eigenvalue weighted by Crippen LogP contribution is -2.48. The lowest BCUT2D eigenvalue weighted by atomic mass is 10.1. The third-order valence-corrected chi connectivity index (χ3v) is 4.91. The van der Waals surface area contributed by atoms with Crippen molar-refractivity contribution in [3.05, 3.63) is 65.7 Å². The van der Waals surface area contributed by atoms with Crippen LogP contribution < -0.4 is 9.47 Å². The van der Waals surface area contributed by atoms with E-state index in [-0.39, 0.29) is 12.0 Å². The molecular formula is C24H30N2O3. The van der Waals surface area contributed by atoms with Crippen molar-refractivity contribution in [2.24, 2.45) is 0 Å². The second kappa shape index (κ2) is 10.1. The summed E-state index contributed by atoms with van der Waals surface area (Å²) in [5.41, 5.74) is 1.84. The van der Waals surface area contributed by atoms with Crippen molar-refractivity contribution >= 4 is 12.0 Å². The molecule has 0 aromatic heterocycles. The first-order chi connectivity index (χ1) is 14.1. The van der Waals surface area contributed by atoms with Crippen LogP contribution in [0.25, 0.3) is 6.08 Å². The van der Waals surface area contributed by atoms with Gasteiger partial charge in [-0.25, -0.2) is 0 Å². The van der Waals surface area contributed by atoms with Crippen LogP contribution in [0.3, 0.4) is 0 Å². The summed E-state index contributed by atoms with van der Waals surface area (Å²) in [5.74, 6) is 1.29. The summed E-state index contributed by atoms with van der Waals surface area (Å²) >= 11 is 0. The molecule has 3 rings (SSSR count). The maximum Gasteiger partial charge on any atom is 0.254 e. The van der Waals surface area contributed by atoms with Crippen LogP contribution in [0.2, 0.25) is 0 Å². The number of benzene rings is 2. The van der Waals surface area contributed by atoms with Crippen LogP contribution in [0, 0.1) is 0 Å². The molecule has 0 atom stereocenters. The van der Waals surface area contributed by atoms with E-state index in [1.54, 1.807) is 13.2 Å². The monoisotopic (exact) mass is 394 g/mol. The van der Waals surface area contributed by atoms with Crippen LogP contribution in [0.4, 0.5) is 0 Å². The minimum Gasteiger partial charge on any atom is -0.493 e. The molecule has 154 valence electrons. The number of ether oxygens (including phenoxy) is 2. The topological polar surface area (TPSA) is 42.0 Å². The third kappa shape index (κ3) is 5.84. The predicted octanol–water partition coefficient (Wildman–Crippen LogP) is 3.95. The van der Waals surface area contributed by atoms with Crippen molar-refractivity contribution in [1.82, 2.24) is 9.80 Å². The summed E-state index contributed by atoms with van der Waals surface area (Å²) < 4.78 is 11.1. The quantitative estimate of drug-likeness (QED) is 0.713. The number of carbonyl (C=O) groups is 1. The maximum absolute atomic E-state index is 12.9. The summed E-state index contributed by atoms with van der Waals surface area (Å²) in [7, 11) is 1.60. The van der Waals surface area contributed by atoms with Crippen molar-refractivity contribution in [3.63, 3.8) is 0 Å². The van der Waals surface area contributed by atoms with Crippen LogP contribution >= 0.6 is 0 Å². The lowest BCUT2D eigenvalue weighted by Gasteiger charge is -2.34. The number of hydrogen-bond acceptors (Lipinski definition) is 4. The minimum absolute atomic E-state index is 0.0406. The maximum atomic E-state index is 12.9. The standard InChI is InChI=1S/C24H30N2O3/c1-19(2)29-22-12-11-21(18-23(22)28-3)24(27)26-16-14-25(15-17-26)13-7-10-20-8-5-4-6-9-20/h4-12,18-19H,13-17H2,1-3H3/b10-7+. The molecule has 0 spiro atoms. The number of methoxy groups -OCH3 is 1. The average molecular weight is 395 g/mol. The van der Waals surface area contributed by atoms with Gasteiger partial charge in [0.1, 0.15) is 0 Å². The molecule has 0 saturated carbocycles. The van der Waals surface area contributed by atoms with Crippen LogP contribution in [-0.2, 0) is 0 Å². The summed E-state index contributed by atoms with van der Waals surface area (Å²) in [6.07, 6.45) is 4.38. The van der Waals surface area contributed by atoms with Crippen molar-refractivity contribution in [1.29, 1.82) is 0 Å². The Morgan fingerprint density at radius 1 is 1.03 bits per heavy atom. The van der Waals surface area contributed by atoms with E-state index in [0.29, 0.717) is 17.1 Å². The molecule has 0 unspecified atom stereocenters. The number of rotatable bonds is 7. The summed E-state index contributed by atoms with van der Waals surface area (Å²) in [6.45, 7) is 8.02. The molecule has 5 heteroatoms.